The molecule has 3 aromatic rings. The zero-order chi connectivity index (χ0) is 20.7. The van der Waals surface area contributed by atoms with Gasteiger partial charge in [0.25, 0.3) is 5.69 Å². The molecule has 0 spiro atoms. The zero-order valence-electron chi connectivity index (χ0n) is 15.7. The molecule has 0 bridgehead atoms. The number of carbonyl (C=O) groups is 1. The van der Waals surface area contributed by atoms with Crippen molar-refractivity contribution in [1.29, 1.82) is 0 Å². The van der Waals surface area contributed by atoms with Gasteiger partial charge in [-0.05, 0) is 38.4 Å². The highest BCUT2D eigenvalue weighted by atomic mass is 32.1. The molecule has 0 unspecified atom stereocenters. The molecule has 2 aromatic heterocycles. The Morgan fingerprint density at radius 1 is 1.34 bits per heavy atom. The molecule has 1 aromatic carbocycles. The number of hydrogen-bond acceptors (Lipinski definition) is 8. The van der Waals surface area contributed by atoms with Crippen molar-refractivity contribution in [3.8, 4) is 5.88 Å². The van der Waals surface area contributed by atoms with Crippen LogP contribution in [-0.4, -0.2) is 48.5 Å². The van der Waals surface area contributed by atoms with Crippen molar-refractivity contribution in [3.63, 3.8) is 0 Å². The lowest BCUT2D eigenvalue weighted by Crippen LogP contribution is -2.40. The molecule has 1 aliphatic heterocycles. The van der Waals surface area contributed by atoms with Crippen molar-refractivity contribution in [2.75, 3.05) is 13.1 Å². The number of aryl methyl sites for hydroxylation is 1. The maximum absolute atomic E-state index is 11.5. The number of likely N-dealkylation sites (tertiary alicyclic amines) is 1. The molecule has 3 N–H and O–H groups in total. The average Bonchev–Trinajstić information content (AvgIpc) is 3.20. The van der Waals surface area contributed by atoms with Crippen LogP contribution in [0.15, 0.2) is 24.3 Å². The standard InChI is InChI=1S/C18H20N6O4S/c1-10-20-18-23(21-10)17(26)15(29-18)14(11-2-4-13(5-3-11)24(27)28)22-8-6-12(7-9-22)16(19)25/h2-5,12,14,26H,6-9H2,1H3,(H2,19,25)/t14-/m1/s1. The van der Waals surface area contributed by atoms with Crippen molar-refractivity contribution in [2.24, 2.45) is 11.7 Å². The van der Waals surface area contributed by atoms with Crippen LogP contribution >= 0.6 is 11.3 Å². The van der Waals surface area contributed by atoms with E-state index in [0.29, 0.717) is 41.6 Å². The second-order valence-corrected chi connectivity index (χ2v) is 8.12. The van der Waals surface area contributed by atoms with Gasteiger partial charge in [0.1, 0.15) is 5.82 Å². The smallest absolute Gasteiger partial charge is 0.269 e. The summed E-state index contributed by atoms with van der Waals surface area (Å²) in [4.78, 5) is 29.8. The van der Waals surface area contributed by atoms with Gasteiger partial charge in [-0.2, -0.15) is 4.52 Å². The van der Waals surface area contributed by atoms with Gasteiger partial charge in [0.05, 0.1) is 15.8 Å². The summed E-state index contributed by atoms with van der Waals surface area (Å²) in [5.74, 6) is 0.106. The molecule has 1 saturated heterocycles. The Labute approximate surface area is 169 Å². The van der Waals surface area contributed by atoms with Gasteiger partial charge >= 0.3 is 0 Å². The lowest BCUT2D eigenvalue weighted by atomic mass is 9.93. The van der Waals surface area contributed by atoms with E-state index in [0.717, 1.165) is 5.56 Å². The molecule has 10 nitrogen and oxygen atoms in total. The van der Waals surface area contributed by atoms with Crippen LogP contribution in [0.1, 0.15) is 35.1 Å². The lowest BCUT2D eigenvalue weighted by Gasteiger charge is -2.36. The van der Waals surface area contributed by atoms with Gasteiger partial charge in [0.15, 0.2) is 0 Å². The maximum Gasteiger partial charge on any atom is 0.269 e. The second-order valence-electron chi connectivity index (χ2n) is 7.11. The molecule has 152 valence electrons. The molecule has 1 amide bonds. The normalized spacial score (nSPS) is 16.9. The summed E-state index contributed by atoms with van der Waals surface area (Å²) in [6.45, 7) is 2.98. The Morgan fingerprint density at radius 2 is 2.00 bits per heavy atom. The van der Waals surface area contributed by atoms with Gasteiger partial charge < -0.3 is 10.8 Å². The van der Waals surface area contributed by atoms with Crippen molar-refractivity contribution >= 4 is 27.9 Å². The van der Waals surface area contributed by atoms with Crippen LogP contribution in [0.4, 0.5) is 5.69 Å². The van der Waals surface area contributed by atoms with Gasteiger partial charge in [-0.1, -0.05) is 23.5 Å². The molecule has 3 heterocycles. The van der Waals surface area contributed by atoms with Crippen LogP contribution in [-0.2, 0) is 4.79 Å². The number of nitrogens with two attached hydrogens (primary N) is 1. The van der Waals surface area contributed by atoms with E-state index in [1.165, 1.54) is 28.0 Å². The van der Waals surface area contributed by atoms with Crippen LogP contribution in [0, 0.1) is 23.0 Å². The lowest BCUT2D eigenvalue weighted by molar-refractivity contribution is -0.384. The van der Waals surface area contributed by atoms with E-state index in [2.05, 4.69) is 15.0 Å². The summed E-state index contributed by atoms with van der Waals surface area (Å²) in [7, 11) is 0. The number of carbonyl (C=O) groups excluding carboxylic acids is 1. The van der Waals surface area contributed by atoms with E-state index in [1.54, 1.807) is 19.1 Å². The SMILES string of the molecule is Cc1nc2sc([C@@H](c3ccc([N+](=O)[O-])cc3)N3CCC(C(N)=O)CC3)c(O)n2n1. The number of non-ortho nitro benzene ring substituents is 1. The first-order chi connectivity index (χ1) is 13.8. The number of thiazole rings is 1. The van der Waals surface area contributed by atoms with Crippen molar-refractivity contribution in [2.45, 2.75) is 25.8 Å². The maximum atomic E-state index is 11.5. The van der Waals surface area contributed by atoms with Gasteiger partial charge in [-0.3, -0.25) is 19.8 Å². The molecule has 11 heteroatoms. The molecule has 0 saturated carbocycles. The predicted octanol–water partition coefficient (Wildman–Crippen LogP) is 2.00. The van der Waals surface area contributed by atoms with Crippen LogP contribution in [0.3, 0.4) is 0 Å². The van der Waals surface area contributed by atoms with Gasteiger partial charge in [0.2, 0.25) is 16.7 Å². The highest BCUT2D eigenvalue weighted by Gasteiger charge is 2.33. The minimum absolute atomic E-state index is 0.00225. The Kier molecular flexibility index (Phi) is 4.92. The monoisotopic (exact) mass is 416 g/mol. The number of amides is 1. The van der Waals surface area contributed by atoms with Crippen molar-refractivity contribution in [3.05, 3.63) is 50.6 Å². The summed E-state index contributed by atoms with van der Waals surface area (Å²) in [6, 6.07) is 5.97. The number of primary amides is 1. The number of benzene rings is 1. The number of hydrogen-bond donors (Lipinski definition) is 2. The molecule has 1 atom stereocenters. The third kappa shape index (κ3) is 3.54. The molecular weight excluding hydrogens is 396 g/mol. The van der Waals surface area contributed by atoms with Crippen LogP contribution in [0.5, 0.6) is 5.88 Å². The summed E-state index contributed by atoms with van der Waals surface area (Å²) in [5.41, 5.74) is 6.26. The number of fused-ring (bicyclic) bond motifs is 1. The molecular formula is C18H20N6O4S. The summed E-state index contributed by atoms with van der Waals surface area (Å²) in [6.07, 6.45) is 1.25. The number of rotatable bonds is 5. The van der Waals surface area contributed by atoms with E-state index in [4.69, 9.17) is 5.73 Å². The minimum atomic E-state index is -0.444. The summed E-state index contributed by atoms with van der Waals surface area (Å²) >= 11 is 1.33. The number of nitrogens with zero attached hydrogens (tertiary/aromatic N) is 5. The second kappa shape index (κ2) is 7.41. The fourth-order valence-corrected chi connectivity index (χ4v) is 4.94. The largest absolute Gasteiger partial charge is 0.492 e. The average molecular weight is 416 g/mol. The minimum Gasteiger partial charge on any atom is -0.492 e. The van der Waals surface area contributed by atoms with Gasteiger partial charge in [0, 0.05) is 18.1 Å². The Balaban J connectivity index is 1.74. The Hall–Kier alpha value is -3.05. The first-order valence-corrected chi connectivity index (χ1v) is 9.99. The number of aromatic nitrogens is 3. The third-order valence-electron chi connectivity index (χ3n) is 5.27. The van der Waals surface area contributed by atoms with Crippen molar-refractivity contribution in [1.82, 2.24) is 19.5 Å². The molecule has 4 rings (SSSR count). The molecule has 1 aliphatic rings. The number of nitro groups is 1. The molecule has 29 heavy (non-hydrogen) atoms. The highest BCUT2D eigenvalue weighted by molar-refractivity contribution is 7.17. The summed E-state index contributed by atoms with van der Waals surface area (Å²) in [5, 5.41) is 26.1. The fourth-order valence-electron chi connectivity index (χ4n) is 3.77. The van der Waals surface area contributed by atoms with E-state index >= 15 is 0 Å². The highest BCUT2D eigenvalue weighted by Crippen LogP contribution is 2.41. The van der Waals surface area contributed by atoms with E-state index in [-0.39, 0.29) is 29.4 Å². The van der Waals surface area contributed by atoms with E-state index in [1.807, 2.05) is 0 Å². The van der Waals surface area contributed by atoms with E-state index in [9.17, 15) is 20.0 Å². The quantitative estimate of drug-likeness (QED) is 0.479. The third-order valence-corrected chi connectivity index (χ3v) is 6.34. The summed E-state index contributed by atoms with van der Waals surface area (Å²) < 4.78 is 1.41. The first-order valence-electron chi connectivity index (χ1n) is 9.18. The Morgan fingerprint density at radius 3 is 2.55 bits per heavy atom. The Bertz CT molecular complexity index is 1070. The molecule has 0 radical (unpaired) electrons. The van der Waals surface area contributed by atoms with Crippen LogP contribution in [0.25, 0.3) is 4.96 Å². The van der Waals surface area contributed by atoms with Crippen LogP contribution < -0.4 is 5.73 Å². The number of aromatic hydroxyl groups is 1. The topological polar surface area (TPSA) is 140 Å². The molecule has 1 fully saturated rings. The van der Waals surface area contributed by atoms with Crippen molar-refractivity contribution < 1.29 is 14.8 Å². The number of piperidine rings is 1. The number of nitro benzene ring substituents is 1. The predicted molar refractivity (Wildman–Crippen MR) is 106 cm³/mol. The fraction of sp³-hybridized carbons (Fsp3) is 0.389. The van der Waals surface area contributed by atoms with Crippen LogP contribution in [0.2, 0.25) is 0 Å². The van der Waals surface area contributed by atoms with Gasteiger partial charge in [-0.15, -0.1) is 5.10 Å². The zero-order valence-corrected chi connectivity index (χ0v) is 16.5. The molecule has 0 aliphatic carbocycles. The van der Waals surface area contributed by atoms with Gasteiger partial charge in [-0.25, -0.2) is 4.98 Å². The van der Waals surface area contributed by atoms with E-state index < -0.39 is 4.92 Å². The first kappa shape index (κ1) is 19.3.